The molecule has 8 heterocycles. The third kappa shape index (κ3) is 31.7. The topological polar surface area (TPSA) is 431 Å². The number of nitrogens with one attached hydrogen (secondary N) is 2. The van der Waals surface area contributed by atoms with Gasteiger partial charge in [0.25, 0.3) is 17.7 Å². The highest BCUT2D eigenvalue weighted by atomic mass is 16.7. The molecule has 6 aliphatic rings. The fourth-order valence-electron chi connectivity index (χ4n) is 19.4. The number of esters is 1. The van der Waals surface area contributed by atoms with E-state index in [1.807, 2.05) is 73.7 Å². The standard InChI is InChI=1S/C100H152N12O23/c1-65-20-15-13-14-16-21-66(2)83(121-10)58-77-28-23-71(7)100(120,135-77)93(117)96(118)111-35-18-17-22-79(111)97(119)133-84(68(4)54-72-25-29-82(85(56-72)122-11)130-38-19-34-109-37-41-131-99(8,9)63-109)59-80(113)67(3)53-70(6)91(116)92(123-12)89(69(5)52-65)108-132-62-86(114)103-33-40-125-43-45-127-47-49-129-51-50-128-48-46-126-44-42-124-39-32-87(115)110-36-31-74-55-73(24-26-76(74)61-110)60-112-95-88(94(101)104-64-105-95)90(107-112)75-27-30-81-78(57-75)106-98(102)134-81/h13-16,21,24,26-27,30,53,55,57,64-65,67-69,71-72,77,79-80,82-85,89,91-92,108,113,116,120H,17-20,22-23,25,28-29,31-52,54,56,58-63H2,1-12H3,(H2,102,106)(H,103,114)(H2,101,104,105)/b15-13-,16-14+,66-21+,70-53+/t65-,67-,68-,69-,71-,72+,77+,79+,80-,82-,83+,84+,85-,89?,91-,92+,100-/m1/s1. The number of aromatic nitrogens is 5. The summed E-state index contributed by atoms with van der Waals surface area (Å²) in [5, 5.41) is 45.5. The summed E-state index contributed by atoms with van der Waals surface area (Å²) in [5.41, 5.74) is 23.0. The van der Waals surface area contributed by atoms with Gasteiger partial charge in [0.1, 0.15) is 54.3 Å². The third-order valence-electron chi connectivity index (χ3n) is 27.1. The molecule has 11 rings (SSSR count). The van der Waals surface area contributed by atoms with Crippen LogP contribution in [0.4, 0.5) is 11.8 Å². The van der Waals surface area contributed by atoms with Gasteiger partial charge in [0.15, 0.2) is 11.2 Å². The van der Waals surface area contributed by atoms with Crippen LogP contribution in [-0.2, 0) is 110 Å². The number of amides is 3. The zero-order valence-electron chi connectivity index (χ0n) is 81.6. The summed E-state index contributed by atoms with van der Waals surface area (Å²) in [6.07, 6.45) is 16.4. The number of carbonyl (C=O) groups is 5. The van der Waals surface area contributed by atoms with E-state index in [1.165, 1.54) is 23.9 Å². The average molecular weight is 1890 g/mol. The molecule has 0 radical (unpaired) electrons. The van der Waals surface area contributed by atoms with Crippen LogP contribution in [0.3, 0.4) is 0 Å². The molecule has 0 spiro atoms. The number of hydroxylamine groups is 1. The smallest absolute Gasteiger partial charge is 0.329 e. The molecule has 3 saturated heterocycles. The van der Waals surface area contributed by atoms with E-state index in [9.17, 15) is 34.5 Å². The van der Waals surface area contributed by atoms with E-state index in [4.69, 9.17) is 87.4 Å². The molecule has 750 valence electrons. The summed E-state index contributed by atoms with van der Waals surface area (Å²) in [5.74, 6) is -6.89. The van der Waals surface area contributed by atoms with Crippen molar-refractivity contribution in [1.82, 2.24) is 50.2 Å². The van der Waals surface area contributed by atoms with Crippen LogP contribution in [0.25, 0.3) is 33.4 Å². The second kappa shape index (κ2) is 53.9. The average Bonchev–Trinajstić information content (AvgIpc) is 1.55. The number of hydrogen-bond donors (Lipinski definition) is 7. The molecule has 9 N–H and O–H groups in total. The minimum atomic E-state index is -2.46. The highest BCUT2D eigenvalue weighted by Crippen LogP contribution is 2.41. The van der Waals surface area contributed by atoms with E-state index in [-0.39, 0.29) is 106 Å². The number of aliphatic hydroxyl groups is 3. The lowest BCUT2D eigenvalue weighted by Gasteiger charge is -2.43. The molecule has 4 fully saturated rings. The molecule has 1 unspecified atom stereocenters. The Kier molecular flexibility index (Phi) is 42.8. The molecule has 35 heteroatoms. The second-order valence-corrected chi connectivity index (χ2v) is 38.1. The van der Waals surface area contributed by atoms with Crippen molar-refractivity contribution in [3.05, 3.63) is 107 Å². The molecule has 135 heavy (non-hydrogen) atoms. The summed E-state index contributed by atoms with van der Waals surface area (Å²) in [6, 6.07) is 10.1. The second-order valence-electron chi connectivity index (χ2n) is 38.1. The molecule has 2 bridgehead atoms. The number of cyclic esters (lactones) is 1. The van der Waals surface area contributed by atoms with Gasteiger partial charge >= 0.3 is 5.97 Å². The number of ketones is 1. The summed E-state index contributed by atoms with van der Waals surface area (Å²) in [4.78, 5) is 95.5. The SMILES string of the molecule is CO[C@H]1C[C@@H]2CC[C@@H](C)[C@@](O)(O2)C(=O)C(=O)N2CCCC[C@H]2C(=O)O[C@H]([C@H](C)C[C@@H]2CC[C@@H](OCCCN3CCOC(C)(C)C3)[C@H](OC)C2)C[C@@H](O)[C@H](C)/C=C(\C)[C@@H](O)[C@@H](OC)C(NOCC(=O)NCCOCCOCCOCCOCCOCCOCCC(=O)N2CCc3cc(Cn4nc(-c5ccc6oc(N)nc6c5)c5c(N)ncnc54)ccc3C2)[C@H](C)C[C@H](C)C\C=C/C=C/C=C/1C. The molecule has 1 aliphatic carbocycles. The summed E-state index contributed by atoms with van der Waals surface area (Å²) >= 11 is 0. The molecule has 3 aromatic heterocycles. The zero-order chi connectivity index (χ0) is 96.6. The number of benzene rings is 2. The van der Waals surface area contributed by atoms with Crippen LogP contribution < -0.4 is 22.3 Å². The van der Waals surface area contributed by atoms with Crippen molar-refractivity contribution in [1.29, 1.82) is 0 Å². The molecule has 1 saturated carbocycles. The first-order valence-electron chi connectivity index (χ1n) is 48.7. The number of anilines is 2. The van der Waals surface area contributed by atoms with Gasteiger partial charge in [-0.05, 0) is 181 Å². The fourth-order valence-corrected chi connectivity index (χ4v) is 19.4. The highest BCUT2D eigenvalue weighted by Gasteiger charge is 2.53. The van der Waals surface area contributed by atoms with E-state index in [0.717, 1.165) is 67.6 Å². The van der Waals surface area contributed by atoms with Gasteiger partial charge < -0.3 is 108 Å². The van der Waals surface area contributed by atoms with E-state index in [2.05, 4.69) is 75.7 Å². The van der Waals surface area contributed by atoms with Crippen molar-refractivity contribution in [2.45, 2.75) is 250 Å². The van der Waals surface area contributed by atoms with Gasteiger partial charge in [0.2, 0.25) is 17.6 Å². The van der Waals surface area contributed by atoms with E-state index < -0.39 is 89.9 Å². The Bertz CT molecular complexity index is 4680. The Balaban J connectivity index is 0.590. The number of nitrogen functional groups attached to an aromatic ring is 2. The van der Waals surface area contributed by atoms with Crippen LogP contribution >= 0.6 is 0 Å². The summed E-state index contributed by atoms with van der Waals surface area (Å²) in [7, 11) is 4.83. The molecule has 35 nitrogen and oxygen atoms in total. The maximum absolute atomic E-state index is 15.0. The Hall–Kier alpha value is -8.15. The number of ether oxygens (including phenoxy) is 13. The number of methoxy groups -OCH3 is 3. The lowest BCUT2D eigenvalue weighted by molar-refractivity contribution is -0.265. The first-order valence-corrected chi connectivity index (χ1v) is 48.7. The predicted molar refractivity (Wildman–Crippen MR) is 508 cm³/mol. The lowest BCUT2D eigenvalue weighted by atomic mass is 9.78. The van der Waals surface area contributed by atoms with Gasteiger partial charge in [0.05, 0.1) is 146 Å². The maximum Gasteiger partial charge on any atom is 0.329 e. The van der Waals surface area contributed by atoms with Gasteiger partial charge in [-0.2, -0.15) is 15.6 Å². The Morgan fingerprint density at radius 3 is 2.20 bits per heavy atom. The zero-order valence-corrected chi connectivity index (χ0v) is 81.6. The number of fused-ring (bicyclic) bond motifs is 6. The fraction of sp³-hybridized carbons (Fsp3) is 0.690. The number of rotatable bonds is 39. The first kappa shape index (κ1) is 107. The number of nitrogens with zero attached hydrogens (tertiary/aromatic N) is 8. The quantitative estimate of drug-likeness (QED) is 0.00632. The lowest BCUT2D eigenvalue weighted by Crippen LogP contribution is -2.61. The molecule has 3 amide bonds. The van der Waals surface area contributed by atoms with Crippen LogP contribution in [0.5, 0.6) is 0 Å². The number of oxazole rings is 1. The number of Topliss-reactive ketones (excluding diaryl/α,β-unsaturated/α-hetero) is 1. The maximum atomic E-state index is 15.0. The summed E-state index contributed by atoms with van der Waals surface area (Å²) in [6.45, 7) is 27.3. The predicted octanol–water partition coefficient (Wildman–Crippen LogP) is 9.56. The summed E-state index contributed by atoms with van der Waals surface area (Å²) < 4.78 is 85.1. The normalized spacial score (nSPS) is 28.5. The molecular weight excluding hydrogens is 1740 g/mol. The van der Waals surface area contributed by atoms with Crippen molar-refractivity contribution in [3.8, 4) is 11.3 Å². The minimum absolute atomic E-state index is 0.00123. The van der Waals surface area contributed by atoms with Crippen LogP contribution in [-0.4, -0.2) is 316 Å². The largest absolute Gasteiger partial charge is 0.460 e. The van der Waals surface area contributed by atoms with Crippen LogP contribution in [0.1, 0.15) is 175 Å². The number of aliphatic hydroxyl groups excluding tert-OH is 2. The molecule has 2 aromatic carbocycles. The number of carbonyl (C=O) groups excluding carboxylic acids is 5. The van der Waals surface area contributed by atoms with Gasteiger partial charge in [-0.15, -0.1) is 0 Å². The van der Waals surface area contributed by atoms with Crippen molar-refractivity contribution >= 4 is 63.4 Å². The van der Waals surface area contributed by atoms with E-state index >= 15 is 4.79 Å². The van der Waals surface area contributed by atoms with Gasteiger partial charge in [0, 0.05) is 104 Å². The number of morpholine rings is 1. The number of allylic oxidation sites excluding steroid dienone is 5. The van der Waals surface area contributed by atoms with Crippen LogP contribution in [0, 0.1) is 35.5 Å². The van der Waals surface area contributed by atoms with Crippen molar-refractivity contribution in [3.63, 3.8) is 0 Å². The highest BCUT2D eigenvalue weighted by molar-refractivity contribution is 6.39. The number of piperidine rings is 1. The van der Waals surface area contributed by atoms with Gasteiger partial charge in [-0.1, -0.05) is 89.3 Å². The van der Waals surface area contributed by atoms with Crippen molar-refractivity contribution in [2.24, 2.45) is 35.5 Å². The van der Waals surface area contributed by atoms with Crippen LogP contribution in [0.2, 0.25) is 0 Å². The molecule has 5 aromatic rings. The van der Waals surface area contributed by atoms with Gasteiger partial charge in [-0.3, -0.25) is 28.9 Å². The monoisotopic (exact) mass is 1890 g/mol. The van der Waals surface area contributed by atoms with E-state index in [1.54, 1.807) is 40.2 Å². The van der Waals surface area contributed by atoms with Crippen LogP contribution in [0.15, 0.2) is 94.7 Å². The minimum Gasteiger partial charge on any atom is -0.460 e. The Morgan fingerprint density at radius 1 is 0.748 bits per heavy atom. The Labute approximate surface area is 795 Å². The van der Waals surface area contributed by atoms with Gasteiger partial charge in [-0.25, -0.2) is 19.4 Å². The van der Waals surface area contributed by atoms with E-state index in [0.29, 0.717) is 196 Å². The molecule has 17 atom stereocenters. The number of hydrogen-bond acceptors (Lipinski definition) is 31. The molecular formula is C100H152N12O23. The van der Waals surface area contributed by atoms with Crippen molar-refractivity contribution in [2.75, 3.05) is 171 Å². The first-order chi connectivity index (χ1) is 65.0. The van der Waals surface area contributed by atoms with Crippen molar-refractivity contribution < 1.29 is 110 Å². The third-order valence-corrected chi connectivity index (χ3v) is 27.1. The number of nitrogens with two attached hydrogens (primary N) is 2. The molecule has 5 aliphatic heterocycles. The Morgan fingerprint density at radius 2 is 1.48 bits per heavy atom.